The normalized spacial score (nSPS) is 16.2. The highest BCUT2D eigenvalue weighted by molar-refractivity contribution is 7.91. The Labute approximate surface area is 173 Å². The van der Waals surface area contributed by atoms with Gasteiger partial charge in [-0.25, -0.2) is 22.0 Å². The molecular weight excluding hydrogens is 408 g/mol. The van der Waals surface area contributed by atoms with E-state index in [0.717, 1.165) is 45.0 Å². The molecule has 2 N–H and O–H groups in total. The van der Waals surface area contributed by atoms with Crippen molar-refractivity contribution in [2.24, 2.45) is 11.1 Å². The van der Waals surface area contributed by atoms with Crippen molar-refractivity contribution in [2.75, 3.05) is 24.2 Å². The van der Waals surface area contributed by atoms with E-state index in [2.05, 4.69) is 31.2 Å². The fourth-order valence-electron chi connectivity index (χ4n) is 3.82. The minimum Gasteiger partial charge on any atom is -0.370 e. The summed E-state index contributed by atoms with van der Waals surface area (Å²) in [5, 5.41) is 5.17. The number of hydrogen-bond donors (Lipinski definition) is 1. The van der Waals surface area contributed by atoms with Gasteiger partial charge < -0.3 is 4.90 Å². The van der Waals surface area contributed by atoms with Crippen LogP contribution in [0.25, 0.3) is 0 Å². The summed E-state index contributed by atoms with van der Waals surface area (Å²) >= 11 is 0. The summed E-state index contributed by atoms with van der Waals surface area (Å²) in [5.74, 6) is 0.595. The lowest BCUT2D eigenvalue weighted by atomic mass is 9.90. The second kappa shape index (κ2) is 8.45. The lowest BCUT2D eigenvalue weighted by molar-refractivity contribution is 0.381. The number of hydrogen-bond acceptors (Lipinski definition) is 5. The van der Waals surface area contributed by atoms with Gasteiger partial charge in [0.15, 0.2) is 9.84 Å². The van der Waals surface area contributed by atoms with Gasteiger partial charge in [-0.15, -0.1) is 0 Å². The average molecular weight is 437 g/mol. The summed E-state index contributed by atoms with van der Waals surface area (Å²) in [6.07, 6.45) is 5.20. The van der Waals surface area contributed by atoms with Crippen LogP contribution in [0.15, 0.2) is 52.3 Å². The minimum absolute atomic E-state index is 0.0159. The Morgan fingerprint density at radius 1 is 1.00 bits per heavy atom. The van der Waals surface area contributed by atoms with Crippen molar-refractivity contribution in [3.63, 3.8) is 0 Å². The van der Waals surface area contributed by atoms with Crippen molar-refractivity contribution in [3.05, 3.63) is 53.6 Å². The van der Waals surface area contributed by atoms with Gasteiger partial charge in [0.1, 0.15) is 0 Å². The average Bonchev–Trinajstić information content (AvgIpc) is 2.66. The molecule has 0 bridgehead atoms. The van der Waals surface area contributed by atoms with Crippen LogP contribution in [0.2, 0.25) is 0 Å². The Hall–Kier alpha value is -1.90. The molecule has 0 radical (unpaired) electrons. The first-order valence-electron chi connectivity index (χ1n) is 9.71. The number of benzene rings is 2. The predicted molar refractivity (Wildman–Crippen MR) is 115 cm³/mol. The maximum Gasteiger partial charge on any atom is 0.238 e. The van der Waals surface area contributed by atoms with E-state index >= 15 is 0 Å². The zero-order valence-corrected chi connectivity index (χ0v) is 18.5. The molecule has 0 aliphatic carbocycles. The predicted octanol–water partition coefficient (Wildman–Crippen LogP) is 2.90. The van der Waals surface area contributed by atoms with E-state index in [1.54, 1.807) is 6.07 Å². The Balaban J connectivity index is 1.69. The van der Waals surface area contributed by atoms with Gasteiger partial charge in [-0.3, -0.25) is 0 Å². The van der Waals surface area contributed by atoms with Crippen LogP contribution in [-0.4, -0.2) is 36.2 Å². The maximum absolute atomic E-state index is 12.3. The SMILES string of the molecule is Cc1ccc(CCC2CCN(c3ccc(S(N)(=O)=O)cc3S(C)(=O)=O)CC2)cc1. The lowest BCUT2D eigenvalue weighted by Gasteiger charge is -2.34. The van der Waals surface area contributed by atoms with Gasteiger partial charge >= 0.3 is 0 Å². The molecule has 1 saturated heterocycles. The summed E-state index contributed by atoms with van der Waals surface area (Å²) < 4.78 is 47.8. The number of nitrogens with two attached hydrogens (primary N) is 1. The van der Waals surface area contributed by atoms with Crippen LogP contribution in [0.5, 0.6) is 0 Å². The van der Waals surface area contributed by atoms with Crippen LogP contribution in [0.1, 0.15) is 30.4 Å². The summed E-state index contributed by atoms with van der Waals surface area (Å²) in [6, 6.07) is 12.7. The van der Waals surface area contributed by atoms with E-state index in [9.17, 15) is 16.8 Å². The molecule has 0 spiro atoms. The van der Waals surface area contributed by atoms with Crippen LogP contribution in [0.3, 0.4) is 0 Å². The van der Waals surface area contributed by atoms with Crippen molar-refractivity contribution >= 4 is 25.5 Å². The molecule has 1 aliphatic heterocycles. The third-order valence-electron chi connectivity index (χ3n) is 5.58. The van der Waals surface area contributed by atoms with Gasteiger partial charge in [0.2, 0.25) is 10.0 Å². The Kier molecular flexibility index (Phi) is 6.36. The van der Waals surface area contributed by atoms with E-state index in [1.165, 1.54) is 23.3 Å². The molecule has 0 unspecified atom stereocenters. The number of anilines is 1. The molecule has 1 fully saturated rings. The summed E-state index contributed by atoms with van der Waals surface area (Å²) in [6.45, 7) is 3.57. The van der Waals surface area contributed by atoms with Crippen LogP contribution in [0.4, 0.5) is 5.69 Å². The highest BCUT2D eigenvalue weighted by Gasteiger charge is 2.25. The van der Waals surface area contributed by atoms with E-state index < -0.39 is 19.9 Å². The maximum atomic E-state index is 12.3. The first-order chi connectivity index (χ1) is 13.5. The largest absolute Gasteiger partial charge is 0.370 e. The Morgan fingerprint density at radius 2 is 1.62 bits per heavy atom. The first kappa shape index (κ1) is 21.8. The molecule has 29 heavy (non-hydrogen) atoms. The third-order valence-corrected chi connectivity index (χ3v) is 7.61. The van der Waals surface area contributed by atoms with Crippen molar-refractivity contribution in [1.82, 2.24) is 0 Å². The monoisotopic (exact) mass is 436 g/mol. The quantitative estimate of drug-likeness (QED) is 0.751. The molecule has 0 saturated carbocycles. The highest BCUT2D eigenvalue weighted by Crippen LogP contribution is 2.32. The summed E-state index contributed by atoms with van der Waals surface area (Å²) in [5.41, 5.74) is 3.16. The first-order valence-corrected chi connectivity index (χ1v) is 13.2. The number of sulfonamides is 1. The van der Waals surface area contributed by atoms with Gasteiger partial charge in [-0.1, -0.05) is 29.8 Å². The minimum atomic E-state index is -3.96. The number of sulfone groups is 1. The molecule has 0 atom stereocenters. The molecule has 0 amide bonds. The summed E-state index contributed by atoms with van der Waals surface area (Å²) in [7, 11) is -7.55. The van der Waals surface area contributed by atoms with E-state index in [1.807, 2.05) is 4.90 Å². The molecular formula is C21H28N2O4S2. The second-order valence-electron chi connectivity index (χ2n) is 7.90. The Morgan fingerprint density at radius 3 is 2.17 bits per heavy atom. The fraction of sp³-hybridized carbons (Fsp3) is 0.429. The van der Waals surface area contributed by atoms with Gasteiger partial charge in [0.05, 0.1) is 15.5 Å². The number of nitrogens with zero attached hydrogens (tertiary/aromatic N) is 1. The molecule has 158 valence electrons. The zero-order chi connectivity index (χ0) is 21.2. The molecule has 2 aromatic rings. The molecule has 2 aromatic carbocycles. The zero-order valence-electron chi connectivity index (χ0n) is 16.8. The van der Waals surface area contributed by atoms with Gasteiger partial charge in [-0.05, 0) is 62.3 Å². The number of piperidine rings is 1. The van der Waals surface area contributed by atoms with Gasteiger partial charge in [-0.2, -0.15) is 0 Å². The smallest absolute Gasteiger partial charge is 0.238 e. The van der Waals surface area contributed by atoms with Gasteiger partial charge in [0, 0.05) is 19.3 Å². The molecule has 1 heterocycles. The topological polar surface area (TPSA) is 97.5 Å². The van der Waals surface area contributed by atoms with Crippen molar-refractivity contribution in [3.8, 4) is 0 Å². The molecule has 8 heteroatoms. The molecule has 3 rings (SSSR count). The van der Waals surface area contributed by atoms with E-state index in [4.69, 9.17) is 5.14 Å². The fourth-order valence-corrected chi connectivity index (χ4v) is 5.35. The molecule has 6 nitrogen and oxygen atoms in total. The summed E-state index contributed by atoms with van der Waals surface area (Å²) in [4.78, 5) is 1.86. The molecule has 0 aromatic heterocycles. The Bertz CT molecular complexity index is 1070. The van der Waals surface area contributed by atoms with Gasteiger partial charge in [0.25, 0.3) is 0 Å². The number of primary sulfonamides is 1. The van der Waals surface area contributed by atoms with Crippen LogP contribution in [-0.2, 0) is 26.3 Å². The highest BCUT2D eigenvalue weighted by atomic mass is 32.2. The standard InChI is InChI=1S/C21H28N2O4S2/c1-16-3-5-17(6-4-16)7-8-18-11-13-23(14-12-18)20-10-9-19(29(22,26)27)15-21(20)28(2,24)25/h3-6,9-10,15,18H,7-8,11-14H2,1-2H3,(H2,22,26,27). The van der Waals surface area contributed by atoms with Crippen molar-refractivity contribution in [1.29, 1.82) is 0 Å². The molecule has 1 aliphatic rings. The lowest BCUT2D eigenvalue weighted by Crippen LogP contribution is -2.34. The van der Waals surface area contributed by atoms with Crippen LogP contribution in [0, 0.1) is 12.8 Å². The van der Waals surface area contributed by atoms with Crippen LogP contribution >= 0.6 is 0 Å². The second-order valence-corrected chi connectivity index (χ2v) is 11.4. The third kappa shape index (κ3) is 5.58. The van der Waals surface area contributed by atoms with Crippen molar-refractivity contribution < 1.29 is 16.8 Å². The number of rotatable bonds is 6. The van der Waals surface area contributed by atoms with Crippen LogP contribution < -0.4 is 10.0 Å². The van der Waals surface area contributed by atoms with Crippen molar-refractivity contribution in [2.45, 2.75) is 42.4 Å². The van der Waals surface area contributed by atoms with E-state index in [-0.39, 0.29) is 9.79 Å². The van der Waals surface area contributed by atoms with E-state index in [0.29, 0.717) is 11.6 Å². The number of aryl methyl sites for hydroxylation is 2.